The number of benzene rings is 1. The first-order chi connectivity index (χ1) is 10.8. The highest BCUT2D eigenvalue weighted by molar-refractivity contribution is 6.57. The number of epoxide rings is 1. The van der Waals surface area contributed by atoms with Crippen LogP contribution in [0.5, 0.6) is 0 Å². The Kier molecular flexibility index (Phi) is 4.18. The molecule has 0 N–H and O–H groups in total. The van der Waals surface area contributed by atoms with Gasteiger partial charge in [0.2, 0.25) is 7.85 Å². The average molecular weight is 323 g/mol. The van der Waals surface area contributed by atoms with E-state index in [4.69, 9.17) is 9.47 Å². The normalized spacial score (nSPS) is 28.9. The Morgan fingerprint density at radius 1 is 1.35 bits per heavy atom. The number of carbonyl (C=O) groups is 1. The van der Waals surface area contributed by atoms with Crippen molar-refractivity contribution in [1.82, 2.24) is 4.90 Å². The van der Waals surface area contributed by atoms with Crippen LogP contribution < -0.4 is 0 Å². The van der Waals surface area contributed by atoms with E-state index in [1.165, 1.54) is 20.0 Å². The van der Waals surface area contributed by atoms with Gasteiger partial charge < -0.3 is 14.4 Å². The lowest BCUT2D eigenvalue weighted by atomic mass is 9.94. The van der Waals surface area contributed by atoms with E-state index < -0.39 is 17.4 Å². The van der Waals surface area contributed by atoms with E-state index in [9.17, 15) is 13.6 Å². The number of rotatable bonds is 4. The molecule has 2 fully saturated rings. The second-order valence-corrected chi connectivity index (χ2v) is 6.73. The molecule has 124 valence electrons. The molecule has 2 aliphatic rings. The van der Waals surface area contributed by atoms with Crippen LogP contribution in [0.15, 0.2) is 18.2 Å². The van der Waals surface area contributed by atoms with Gasteiger partial charge in [-0.25, -0.2) is 8.78 Å². The maximum atomic E-state index is 13.5. The van der Waals surface area contributed by atoms with Crippen molar-refractivity contribution >= 4 is 13.7 Å². The molecular weight excluding hydrogens is 303 g/mol. The summed E-state index contributed by atoms with van der Waals surface area (Å²) in [6.45, 7) is 4.37. The molecule has 1 amide bonds. The molecule has 2 aliphatic heterocycles. The highest BCUT2D eigenvalue weighted by Gasteiger charge is 2.49. The van der Waals surface area contributed by atoms with Crippen molar-refractivity contribution in [3.05, 3.63) is 35.4 Å². The quantitative estimate of drug-likeness (QED) is 0.627. The van der Waals surface area contributed by atoms with Gasteiger partial charge in [0.25, 0.3) is 0 Å². The second kappa shape index (κ2) is 5.87. The van der Waals surface area contributed by atoms with Gasteiger partial charge in [-0.15, -0.1) is 0 Å². The molecular formula is C16H20BF2NO3. The molecule has 0 radical (unpaired) electrons. The van der Waals surface area contributed by atoms with Crippen LogP contribution in [0.1, 0.15) is 25.8 Å². The average Bonchev–Trinajstić information content (AvgIpc) is 3.14. The summed E-state index contributed by atoms with van der Waals surface area (Å²) in [5.41, 5.74) is -0.233. The smallest absolute Gasteiger partial charge is 0.216 e. The lowest BCUT2D eigenvalue weighted by molar-refractivity contribution is -0.0606. The van der Waals surface area contributed by atoms with Crippen LogP contribution in [0, 0.1) is 11.6 Å². The van der Waals surface area contributed by atoms with Gasteiger partial charge in [0.1, 0.15) is 17.4 Å². The first kappa shape index (κ1) is 16.4. The van der Waals surface area contributed by atoms with Crippen LogP contribution >= 0.6 is 0 Å². The molecule has 7 heteroatoms. The standard InChI is InChI=1S/C16H20BF2NO3/c1-16(2)20(15(17)21)13(14(23-16)7-12-8-22-12)5-9-3-10(18)6-11(19)4-9/h3-4,6,12-14H,5,7-8,17H2,1-2H3/t12-,13+,14+/m1/s1. The van der Waals surface area contributed by atoms with Gasteiger partial charge in [-0.05, 0) is 38.0 Å². The maximum absolute atomic E-state index is 13.5. The molecule has 1 aromatic carbocycles. The fourth-order valence-corrected chi connectivity index (χ4v) is 3.55. The van der Waals surface area contributed by atoms with Crippen molar-refractivity contribution < 1.29 is 23.0 Å². The molecule has 0 aliphatic carbocycles. The molecule has 0 aromatic heterocycles. The number of hydrogen-bond acceptors (Lipinski definition) is 3. The van der Waals surface area contributed by atoms with E-state index in [1.54, 1.807) is 4.90 Å². The molecule has 3 atom stereocenters. The van der Waals surface area contributed by atoms with Gasteiger partial charge in [-0.3, -0.25) is 4.79 Å². The Hall–Kier alpha value is -1.47. The minimum Gasteiger partial charge on any atom is -0.373 e. The third-order valence-electron chi connectivity index (χ3n) is 4.38. The molecule has 23 heavy (non-hydrogen) atoms. The topological polar surface area (TPSA) is 42.1 Å². The number of amides is 1. The first-order valence-corrected chi connectivity index (χ1v) is 7.80. The number of carbonyl (C=O) groups excluding carboxylic acids is 1. The monoisotopic (exact) mass is 323 g/mol. The fraction of sp³-hybridized carbons (Fsp3) is 0.562. The minimum atomic E-state index is -0.748. The van der Waals surface area contributed by atoms with Crippen LogP contribution in [0.25, 0.3) is 0 Å². The Balaban J connectivity index is 1.87. The van der Waals surface area contributed by atoms with Crippen LogP contribution in [-0.2, 0) is 15.9 Å². The van der Waals surface area contributed by atoms with E-state index in [-0.39, 0.29) is 24.1 Å². The molecule has 0 spiro atoms. The summed E-state index contributed by atoms with van der Waals surface area (Å²) in [5.74, 6) is -1.35. The summed E-state index contributed by atoms with van der Waals surface area (Å²) in [6, 6.07) is 3.18. The zero-order valence-corrected chi connectivity index (χ0v) is 13.5. The fourth-order valence-electron chi connectivity index (χ4n) is 3.55. The largest absolute Gasteiger partial charge is 0.373 e. The SMILES string of the molecule is BC(=O)N1[C@@H](Cc2cc(F)cc(F)c2)[C@H](C[C@@H]2CO2)OC1(C)C. The summed E-state index contributed by atoms with van der Waals surface area (Å²) < 4.78 is 38.2. The zero-order chi connectivity index (χ0) is 16.8. The highest BCUT2D eigenvalue weighted by atomic mass is 19.1. The van der Waals surface area contributed by atoms with Crippen molar-refractivity contribution in [2.75, 3.05) is 6.61 Å². The minimum absolute atomic E-state index is 0.115. The Bertz CT molecular complexity index is 601. The number of hydrogen-bond donors (Lipinski definition) is 0. The number of nitrogens with zero attached hydrogens (tertiary/aromatic N) is 1. The van der Waals surface area contributed by atoms with Gasteiger partial charge in [-0.2, -0.15) is 0 Å². The third-order valence-corrected chi connectivity index (χ3v) is 4.38. The Morgan fingerprint density at radius 3 is 2.48 bits per heavy atom. The van der Waals surface area contributed by atoms with E-state index >= 15 is 0 Å². The third kappa shape index (κ3) is 3.56. The summed E-state index contributed by atoms with van der Waals surface area (Å²) in [5, 5.41) is 0. The summed E-state index contributed by atoms with van der Waals surface area (Å²) in [6.07, 6.45) is 0.951. The molecule has 0 unspecified atom stereocenters. The lowest BCUT2D eigenvalue weighted by Gasteiger charge is -2.33. The van der Waals surface area contributed by atoms with Gasteiger partial charge >= 0.3 is 0 Å². The molecule has 0 saturated carbocycles. The highest BCUT2D eigenvalue weighted by Crippen LogP contribution is 2.37. The summed E-state index contributed by atoms with van der Waals surface area (Å²) in [7, 11) is 1.49. The van der Waals surface area contributed by atoms with Crippen LogP contribution in [0.4, 0.5) is 13.6 Å². The molecule has 4 nitrogen and oxygen atoms in total. The van der Waals surface area contributed by atoms with Crippen molar-refractivity contribution in [3.63, 3.8) is 0 Å². The first-order valence-electron chi connectivity index (χ1n) is 7.80. The van der Waals surface area contributed by atoms with Gasteiger partial charge in [-0.1, -0.05) is 0 Å². The van der Waals surface area contributed by atoms with Crippen molar-refractivity contribution in [2.45, 2.75) is 50.7 Å². The van der Waals surface area contributed by atoms with Crippen LogP contribution in [0.3, 0.4) is 0 Å². The second-order valence-electron chi connectivity index (χ2n) is 6.73. The lowest BCUT2D eigenvalue weighted by Crippen LogP contribution is -2.48. The van der Waals surface area contributed by atoms with Crippen molar-refractivity contribution in [3.8, 4) is 0 Å². The maximum Gasteiger partial charge on any atom is 0.216 e. The van der Waals surface area contributed by atoms with E-state index in [0.717, 1.165) is 6.07 Å². The van der Waals surface area contributed by atoms with Crippen LogP contribution in [0.2, 0.25) is 0 Å². The van der Waals surface area contributed by atoms with Crippen molar-refractivity contribution in [2.24, 2.45) is 0 Å². The van der Waals surface area contributed by atoms with Gasteiger partial charge in [0, 0.05) is 12.5 Å². The Labute approximate surface area is 135 Å². The van der Waals surface area contributed by atoms with E-state index in [2.05, 4.69) is 0 Å². The number of ether oxygens (including phenoxy) is 2. The molecule has 1 aromatic rings. The van der Waals surface area contributed by atoms with E-state index in [1.807, 2.05) is 13.8 Å². The predicted molar refractivity (Wildman–Crippen MR) is 82.9 cm³/mol. The molecule has 3 rings (SSSR count). The molecule has 2 heterocycles. The van der Waals surface area contributed by atoms with Crippen molar-refractivity contribution in [1.29, 1.82) is 0 Å². The summed E-state index contributed by atoms with van der Waals surface area (Å²) >= 11 is 0. The van der Waals surface area contributed by atoms with Gasteiger partial charge in [0.05, 0.1) is 24.9 Å². The number of halogens is 2. The predicted octanol–water partition coefficient (Wildman–Crippen LogP) is 1.85. The Morgan fingerprint density at radius 2 is 1.96 bits per heavy atom. The zero-order valence-electron chi connectivity index (χ0n) is 13.5. The van der Waals surface area contributed by atoms with E-state index in [0.29, 0.717) is 25.0 Å². The van der Waals surface area contributed by atoms with Crippen LogP contribution in [-0.4, -0.2) is 49.1 Å². The summed E-state index contributed by atoms with van der Waals surface area (Å²) in [4.78, 5) is 13.8. The molecule has 0 bridgehead atoms. The molecule has 2 saturated heterocycles. The van der Waals surface area contributed by atoms with Gasteiger partial charge in [0.15, 0.2) is 5.81 Å².